The number of carbonyl (C=O) groups is 1. The van der Waals surface area contributed by atoms with Crippen LogP contribution in [0.5, 0.6) is 0 Å². The van der Waals surface area contributed by atoms with Crippen LogP contribution in [0.15, 0.2) is 18.2 Å². The van der Waals surface area contributed by atoms with Gasteiger partial charge in [0.25, 0.3) is 5.91 Å². The van der Waals surface area contributed by atoms with Gasteiger partial charge in [-0.1, -0.05) is 6.07 Å². The van der Waals surface area contributed by atoms with Crippen LogP contribution in [-0.2, 0) is 21.4 Å². The van der Waals surface area contributed by atoms with Gasteiger partial charge in [0, 0.05) is 42.4 Å². The van der Waals surface area contributed by atoms with E-state index in [1.165, 1.54) is 24.5 Å². The zero-order valence-corrected chi connectivity index (χ0v) is 17.0. The number of hydrogen-bond donors (Lipinski definition) is 1. The average molecular weight is 415 g/mol. The monoisotopic (exact) mass is 414 g/mol. The maximum absolute atomic E-state index is 14.3. The number of ether oxygens (including phenoxy) is 1. The van der Waals surface area contributed by atoms with Crippen LogP contribution in [0, 0.1) is 11.7 Å². The van der Waals surface area contributed by atoms with Gasteiger partial charge in [0.2, 0.25) is 10.0 Å². The summed E-state index contributed by atoms with van der Waals surface area (Å²) in [6.45, 7) is 1.56. The maximum atomic E-state index is 14.3. The molecule has 1 amide bonds. The van der Waals surface area contributed by atoms with Gasteiger partial charge in [-0.2, -0.15) is 0 Å². The molecule has 0 bridgehead atoms. The number of piperidine rings is 1. The number of rotatable bonds is 6. The number of sulfonamides is 1. The fourth-order valence-corrected chi connectivity index (χ4v) is 5.18. The van der Waals surface area contributed by atoms with Crippen molar-refractivity contribution in [3.8, 4) is 0 Å². The Hall–Kier alpha value is -1.55. The number of hydrogen-bond acceptors (Lipinski definition) is 5. The Morgan fingerprint density at radius 3 is 2.93 bits per heavy atom. The number of nitrogens with zero attached hydrogens (tertiary/aromatic N) is 1. The highest BCUT2D eigenvalue weighted by Gasteiger charge is 2.29. The summed E-state index contributed by atoms with van der Waals surface area (Å²) in [6, 6.07) is 4.82. The standard InChI is InChI=1S/C18H23FN2O4S2/c1-25-11-13-16-14(19)6-3-7-15(16)26-17(13)18(22)21-8-4-5-12(10-21)9-20-27(2,23)24/h3,6-7,12,20H,4-5,8-11H2,1-2H3/t12-/m0/s1. The minimum absolute atomic E-state index is 0.0643. The van der Waals surface area contributed by atoms with E-state index < -0.39 is 10.0 Å². The fourth-order valence-electron chi connectivity index (χ4n) is 3.45. The van der Waals surface area contributed by atoms with Gasteiger partial charge < -0.3 is 9.64 Å². The summed E-state index contributed by atoms with van der Waals surface area (Å²) in [4.78, 5) is 15.4. The molecule has 1 aliphatic rings. The van der Waals surface area contributed by atoms with Crippen LogP contribution < -0.4 is 4.72 Å². The van der Waals surface area contributed by atoms with Gasteiger partial charge >= 0.3 is 0 Å². The van der Waals surface area contributed by atoms with Crippen molar-refractivity contribution < 1.29 is 22.3 Å². The highest BCUT2D eigenvalue weighted by atomic mass is 32.2. The molecular weight excluding hydrogens is 391 g/mol. The van der Waals surface area contributed by atoms with Crippen LogP contribution in [-0.4, -0.2) is 52.2 Å². The molecule has 27 heavy (non-hydrogen) atoms. The van der Waals surface area contributed by atoms with Gasteiger partial charge in [0.05, 0.1) is 17.7 Å². The lowest BCUT2D eigenvalue weighted by molar-refractivity contribution is 0.0677. The summed E-state index contributed by atoms with van der Waals surface area (Å²) < 4.78 is 45.4. The predicted octanol–water partition coefficient (Wildman–Crippen LogP) is 2.59. The Bertz CT molecular complexity index is 942. The summed E-state index contributed by atoms with van der Waals surface area (Å²) in [5, 5.41) is 0.444. The number of thiophene rings is 1. The third-order valence-electron chi connectivity index (χ3n) is 4.69. The highest BCUT2D eigenvalue weighted by Crippen LogP contribution is 2.35. The Kier molecular flexibility index (Phi) is 6.15. The minimum atomic E-state index is -3.26. The van der Waals surface area contributed by atoms with E-state index in [0.717, 1.165) is 23.8 Å². The van der Waals surface area contributed by atoms with Crippen LogP contribution in [0.25, 0.3) is 10.1 Å². The molecule has 1 atom stereocenters. The molecular formula is C18H23FN2O4S2. The molecule has 6 nitrogen and oxygen atoms in total. The van der Waals surface area contributed by atoms with E-state index in [-0.39, 0.29) is 24.2 Å². The lowest BCUT2D eigenvalue weighted by Crippen LogP contribution is -2.43. The van der Waals surface area contributed by atoms with Crippen LogP contribution in [0.2, 0.25) is 0 Å². The summed E-state index contributed by atoms with van der Waals surface area (Å²) in [6.07, 6.45) is 2.79. The Morgan fingerprint density at radius 2 is 2.22 bits per heavy atom. The summed E-state index contributed by atoms with van der Waals surface area (Å²) in [5.41, 5.74) is 0.581. The van der Waals surface area contributed by atoms with Gasteiger partial charge in [0.1, 0.15) is 5.82 Å². The first-order chi connectivity index (χ1) is 12.8. The van der Waals surface area contributed by atoms with Crippen molar-refractivity contribution in [1.29, 1.82) is 0 Å². The summed E-state index contributed by atoms with van der Waals surface area (Å²) >= 11 is 1.28. The number of amides is 1. The third-order valence-corrected chi connectivity index (χ3v) is 6.56. The van der Waals surface area contributed by atoms with Crippen LogP contribution in [0.3, 0.4) is 0 Å². The molecule has 0 aliphatic carbocycles. The van der Waals surface area contributed by atoms with E-state index >= 15 is 0 Å². The number of likely N-dealkylation sites (tertiary alicyclic amines) is 1. The van der Waals surface area contributed by atoms with Crippen LogP contribution >= 0.6 is 11.3 Å². The molecule has 1 fully saturated rings. The number of fused-ring (bicyclic) bond motifs is 1. The SMILES string of the molecule is COCc1c(C(=O)N2CCC[C@@H](CNS(C)(=O)=O)C2)sc2cccc(F)c12. The highest BCUT2D eigenvalue weighted by molar-refractivity contribution is 7.88. The van der Waals surface area contributed by atoms with Crippen molar-refractivity contribution >= 4 is 37.4 Å². The maximum Gasteiger partial charge on any atom is 0.264 e. The van der Waals surface area contributed by atoms with E-state index in [1.54, 1.807) is 17.0 Å². The second-order valence-electron chi connectivity index (χ2n) is 6.84. The van der Waals surface area contributed by atoms with Crippen molar-refractivity contribution in [3.05, 3.63) is 34.5 Å². The number of carbonyl (C=O) groups excluding carboxylic acids is 1. The molecule has 0 saturated carbocycles. The molecule has 1 aromatic heterocycles. The fraction of sp³-hybridized carbons (Fsp3) is 0.500. The topological polar surface area (TPSA) is 75.7 Å². The van der Waals surface area contributed by atoms with Gasteiger partial charge in [0.15, 0.2) is 0 Å². The van der Waals surface area contributed by atoms with Crippen molar-refractivity contribution in [1.82, 2.24) is 9.62 Å². The van der Waals surface area contributed by atoms with Gasteiger partial charge in [-0.25, -0.2) is 17.5 Å². The molecule has 2 aromatic rings. The number of nitrogens with one attached hydrogen (secondary N) is 1. The van der Waals surface area contributed by atoms with Gasteiger partial charge in [-0.3, -0.25) is 4.79 Å². The molecule has 0 spiro atoms. The van der Waals surface area contributed by atoms with E-state index in [0.29, 0.717) is 35.5 Å². The first kappa shape index (κ1) is 20.2. The van der Waals surface area contributed by atoms with E-state index in [9.17, 15) is 17.6 Å². The normalized spacial score (nSPS) is 18.2. The van der Waals surface area contributed by atoms with Crippen molar-refractivity contribution in [3.63, 3.8) is 0 Å². The van der Waals surface area contributed by atoms with Crippen molar-refractivity contribution in [2.75, 3.05) is 33.0 Å². The van der Waals surface area contributed by atoms with Crippen LogP contribution in [0.4, 0.5) is 4.39 Å². The molecule has 2 heterocycles. The third kappa shape index (κ3) is 4.66. The molecule has 0 radical (unpaired) electrons. The van der Waals surface area contributed by atoms with Gasteiger partial charge in [-0.15, -0.1) is 11.3 Å². The predicted molar refractivity (Wildman–Crippen MR) is 104 cm³/mol. The first-order valence-electron chi connectivity index (χ1n) is 8.73. The van der Waals surface area contributed by atoms with Crippen molar-refractivity contribution in [2.24, 2.45) is 5.92 Å². The zero-order valence-electron chi connectivity index (χ0n) is 15.3. The Morgan fingerprint density at radius 1 is 1.44 bits per heavy atom. The van der Waals surface area contributed by atoms with Crippen molar-refractivity contribution in [2.45, 2.75) is 19.4 Å². The lowest BCUT2D eigenvalue weighted by atomic mass is 9.98. The molecule has 3 rings (SSSR count). The molecule has 1 N–H and O–H groups in total. The summed E-state index contributed by atoms with van der Waals surface area (Å²) in [5.74, 6) is -0.440. The van der Waals surface area contributed by atoms with Crippen LogP contribution in [0.1, 0.15) is 28.1 Å². The molecule has 1 aromatic carbocycles. The average Bonchev–Trinajstić information content (AvgIpc) is 2.99. The smallest absolute Gasteiger partial charge is 0.264 e. The second-order valence-corrected chi connectivity index (χ2v) is 9.72. The first-order valence-corrected chi connectivity index (χ1v) is 11.4. The minimum Gasteiger partial charge on any atom is -0.380 e. The van der Waals surface area contributed by atoms with Gasteiger partial charge in [-0.05, 0) is 30.9 Å². The molecule has 9 heteroatoms. The lowest BCUT2D eigenvalue weighted by Gasteiger charge is -2.32. The quantitative estimate of drug-likeness (QED) is 0.788. The van der Waals surface area contributed by atoms with E-state index in [1.807, 2.05) is 0 Å². The molecule has 1 aliphatic heterocycles. The largest absolute Gasteiger partial charge is 0.380 e. The zero-order chi connectivity index (χ0) is 19.6. The number of benzene rings is 1. The Labute approximate surface area is 162 Å². The molecule has 148 valence electrons. The molecule has 0 unspecified atom stereocenters. The Balaban J connectivity index is 1.84. The summed E-state index contributed by atoms with van der Waals surface area (Å²) in [7, 11) is -1.74. The van der Waals surface area contributed by atoms with E-state index in [2.05, 4.69) is 4.72 Å². The van der Waals surface area contributed by atoms with E-state index in [4.69, 9.17) is 4.74 Å². The number of methoxy groups -OCH3 is 1. The number of halogens is 1. The molecule has 1 saturated heterocycles. The second kappa shape index (κ2) is 8.22.